The van der Waals surface area contributed by atoms with Crippen molar-refractivity contribution < 1.29 is 20.1 Å². The number of hydrogen-bond acceptors (Lipinski definition) is 2. The molecule has 5 aromatic carbocycles. The molecular weight excluding hydrogens is 905 g/mol. The number of pyridine rings is 2. The molecule has 2 nitrogen and oxygen atoms in total. The number of fused-ring (bicyclic) bond motifs is 5. The van der Waals surface area contributed by atoms with Crippen LogP contribution >= 0.6 is 0 Å². The summed E-state index contributed by atoms with van der Waals surface area (Å²) in [5.74, 6) is 0. The predicted octanol–water partition coefficient (Wildman–Crippen LogP) is 15.4. The van der Waals surface area contributed by atoms with E-state index < -0.39 is 0 Å². The minimum atomic E-state index is -0.107. The van der Waals surface area contributed by atoms with Gasteiger partial charge < -0.3 is 9.97 Å². The monoisotopic (exact) mass is 967 g/mol. The first kappa shape index (κ1) is 44.9. The van der Waals surface area contributed by atoms with Gasteiger partial charge in [-0.15, -0.1) is 70.8 Å². The molecule has 0 atom stereocenters. The molecule has 60 heavy (non-hydrogen) atoms. The first-order chi connectivity index (χ1) is 27.5. The van der Waals surface area contributed by atoms with E-state index in [0.29, 0.717) is 0 Å². The standard InChI is InChI=1S/C29H36N.C28H26N.Ir/c1-27(2,3)23-12-10-11-21(15-23)26-18-20(13-14-30-26)22-16-24(28(4,5)6)19-25(17-22)29(7,8)9;1-27(2,3)20-11-8-10-19(17-20)26-25-22(15-16-29-26)24-21-12-7-6-9-18(21)13-14-23(24)28(25,4)5;/h10,12-19H,1-9H3;6-9,11-17H,1-5H3;/q2*-1;. The van der Waals surface area contributed by atoms with Gasteiger partial charge in [0.25, 0.3) is 0 Å². The Balaban J connectivity index is 0.000000198. The summed E-state index contributed by atoms with van der Waals surface area (Å²) in [4.78, 5) is 9.54. The van der Waals surface area contributed by atoms with E-state index in [0.717, 1.165) is 22.5 Å². The molecule has 7 aromatic rings. The summed E-state index contributed by atoms with van der Waals surface area (Å²) in [7, 11) is 0. The van der Waals surface area contributed by atoms with Gasteiger partial charge in [0.15, 0.2) is 0 Å². The van der Waals surface area contributed by atoms with Crippen LogP contribution in [0.15, 0.2) is 122 Å². The van der Waals surface area contributed by atoms with E-state index in [1.807, 2.05) is 24.5 Å². The van der Waals surface area contributed by atoms with Crippen LogP contribution in [0.5, 0.6) is 0 Å². The van der Waals surface area contributed by atoms with Crippen molar-refractivity contribution in [1.29, 1.82) is 0 Å². The molecule has 1 aliphatic carbocycles. The zero-order chi connectivity index (χ0) is 42.7. The maximum Gasteiger partial charge on any atom is 0.0167 e. The van der Waals surface area contributed by atoms with E-state index in [2.05, 4.69) is 211 Å². The molecule has 0 bridgehead atoms. The van der Waals surface area contributed by atoms with Crippen molar-refractivity contribution in [3.63, 3.8) is 0 Å². The zero-order valence-electron chi connectivity index (χ0n) is 38.3. The summed E-state index contributed by atoms with van der Waals surface area (Å²) in [5.41, 5.74) is 17.6. The Bertz CT molecular complexity index is 2640. The molecule has 0 fully saturated rings. The van der Waals surface area contributed by atoms with Crippen molar-refractivity contribution in [3.8, 4) is 44.8 Å². The number of nitrogens with zero attached hydrogens (tertiary/aromatic N) is 2. The zero-order valence-corrected chi connectivity index (χ0v) is 40.7. The van der Waals surface area contributed by atoms with Gasteiger partial charge in [0.05, 0.1) is 0 Å². The van der Waals surface area contributed by atoms with Gasteiger partial charge in [0, 0.05) is 37.9 Å². The second-order valence-electron chi connectivity index (χ2n) is 21.1. The second-order valence-corrected chi connectivity index (χ2v) is 21.1. The van der Waals surface area contributed by atoms with Crippen molar-refractivity contribution in [3.05, 3.63) is 167 Å². The molecule has 0 N–H and O–H groups in total. The fourth-order valence-electron chi connectivity index (χ4n) is 8.29. The molecule has 1 radical (unpaired) electrons. The van der Waals surface area contributed by atoms with Crippen LogP contribution in [0.25, 0.3) is 55.5 Å². The van der Waals surface area contributed by atoms with Gasteiger partial charge >= 0.3 is 0 Å². The van der Waals surface area contributed by atoms with Gasteiger partial charge in [0.2, 0.25) is 0 Å². The van der Waals surface area contributed by atoms with Crippen LogP contribution in [0, 0.1) is 12.1 Å². The Hall–Kier alpha value is -4.69. The summed E-state index contributed by atoms with van der Waals surface area (Å²) < 4.78 is 0. The third-order valence-electron chi connectivity index (χ3n) is 12.1. The second kappa shape index (κ2) is 16.3. The maximum atomic E-state index is 4.87. The molecule has 2 aromatic heterocycles. The van der Waals surface area contributed by atoms with E-state index in [1.165, 1.54) is 66.4 Å². The Labute approximate surface area is 374 Å². The minimum Gasteiger partial charge on any atom is -0.305 e. The topological polar surface area (TPSA) is 25.8 Å². The normalized spacial score (nSPS) is 13.5. The van der Waals surface area contributed by atoms with Crippen LogP contribution in [-0.4, -0.2) is 9.97 Å². The van der Waals surface area contributed by atoms with Gasteiger partial charge in [0.1, 0.15) is 0 Å². The fraction of sp³-hybridized carbons (Fsp3) is 0.333. The predicted molar refractivity (Wildman–Crippen MR) is 252 cm³/mol. The van der Waals surface area contributed by atoms with Crippen LogP contribution in [0.4, 0.5) is 0 Å². The first-order valence-corrected chi connectivity index (χ1v) is 21.2. The summed E-state index contributed by atoms with van der Waals surface area (Å²) in [5, 5.41) is 2.61. The molecule has 0 aliphatic heterocycles. The van der Waals surface area contributed by atoms with Gasteiger partial charge in [-0.1, -0.05) is 158 Å². The fourth-order valence-corrected chi connectivity index (χ4v) is 8.29. The molecule has 0 unspecified atom stereocenters. The Morgan fingerprint density at radius 3 is 1.65 bits per heavy atom. The average Bonchev–Trinajstić information content (AvgIpc) is 3.43. The number of rotatable bonds is 3. The summed E-state index contributed by atoms with van der Waals surface area (Å²) >= 11 is 0. The number of aromatic nitrogens is 2. The molecule has 2 heterocycles. The first-order valence-electron chi connectivity index (χ1n) is 21.2. The molecule has 8 rings (SSSR count). The van der Waals surface area contributed by atoms with E-state index in [9.17, 15) is 0 Å². The van der Waals surface area contributed by atoms with Crippen LogP contribution in [0.3, 0.4) is 0 Å². The van der Waals surface area contributed by atoms with Gasteiger partial charge in [-0.2, -0.15) is 0 Å². The smallest absolute Gasteiger partial charge is 0.0167 e. The average molecular weight is 967 g/mol. The molecule has 0 saturated heterocycles. The maximum absolute atomic E-state index is 4.87. The van der Waals surface area contributed by atoms with E-state index in [-0.39, 0.29) is 47.2 Å². The van der Waals surface area contributed by atoms with Crippen molar-refractivity contribution in [2.75, 3.05) is 0 Å². The summed E-state index contributed by atoms with van der Waals surface area (Å²) in [6, 6.07) is 46.5. The largest absolute Gasteiger partial charge is 0.305 e. The van der Waals surface area contributed by atoms with Crippen molar-refractivity contribution >= 4 is 10.8 Å². The van der Waals surface area contributed by atoms with E-state index >= 15 is 0 Å². The molecule has 0 saturated carbocycles. The summed E-state index contributed by atoms with van der Waals surface area (Å²) in [6.07, 6.45) is 3.88. The number of benzene rings is 5. The third kappa shape index (κ3) is 9.00. The Morgan fingerprint density at radius 1 is 0.500 bits per heavy atom. The molecular formula is C57H62IrN2-2. The molecule has 1 aliphatic rings. The SMILES string of the molecule is CC(C)(C)c1cc[c-]c(-c2cc(-c3cc(C(C)(C)C)cc(C(C)(C)C)c3)ccn2)c1.CC(C)(C)c1cc[c-]c(-c2nccc3c2C(C)(C)c2ccc4ccccc4c2-3)c1.[Ir]. The van der Waals surface area contributed by atoms with Gasteiger partial charge in [-0.25, -0.2) is 0 Å². The molecule has 3 heteroatoms. The van der Waals surface area contributed by atoms with Crippen molar-refractivity contribution in [1.82, 2.24) is 9.97 Å². The molecule has 311 valence electrons. The van der Waals surface area contributed by atoms with E-state index in [1.54, 1.807) is 0 Å². The number of hydrogen-bond donors (Lipinski definition) is 0. The quantitative estimate of drug-likeness (QED) is 0.165. The van der Waals surface area contributed by atoms with Crippen molar-refractivity contribution in [2.45, 2.75) is 124 Å². The Morgan fingerprint density at radius 2 is 1.05 bits per heavy atom. The van der Waals surface area contributed by atoms with Crippen LogP contribution in [-0.2, 0) is 47.2 Å². The summed E-state index contributed by atoms with van der Waals surface area (Å²) in [6.45, 7) is 31.8. The minimum absolute atomic E-state index is 0. The van der Waals surface area contributed by atoms with Crippen LogP contribution < -0.4 is 0 Å². The van der Waals surface area contributed by atoms with E-state index in [4.69, 9.17) is 4.98 Å². The molecule has 0 amide bonds. The van der Waals surface area contributed by atoms with Crippen LogP contribution in [0.1, 0.15) is 130 Å². The van der Waals surface area contributed by atoms with Gasteiger partial charge in [-0.05, 0) is 100 Å². The Kier molecular flexibility index (Phi) is 12.2. The van der Waals surface area contributed by atoms with Crippen molar-refractivity contribution in [2.24, 2.45) is 0 Å². The molecule has 0 spiro atoms. The van der Waals surface area contributed by atoms with Gasteiger partial charge in [-0.3, -0.25) is 0 Å². The van der Waals surface area contributed by atoms with Crippen LogP contribution in [0.2, 0.25) is 0 Å². The third-order valence-corrected chi connectivity index (χ3v) is 12.1.